The number of rotatable bonds is 3. The minimum absolute atomic E-state index is 0.175. The second kappa shape index (κ2) is 6.11. The number of nitrogens with one attached hydrogen (secondary N) is 1. The van der Waals surface area contributed by atoms with Gasteiger partial charge in [0.05, 0.1) is 0 Å². The number of anilines is 1. The lowest BCUT2D eigenvalue weighted by Crippen LogP contribution is -2.11. The first-order valence-electron chi connectivity index (χ1n) is 6.59. The second-order valence-electron chi connectivity index (χ2n) is 4.69. The Morgan fingerprint density at radius 1 is 1.18 bits per heavy atom. The fraction of sp³-hybridized carbons (Fsp3) is 0.0625. The number of carbonyl (C=O) groups is 1. The zero-order chi connectivity index (χ0) is 15.5. The zero-order valence-corrected chi connectivity index (χ0v) is 13.3. The topological polar surface area (TPSA) is 68.0 Å². The Morgan fingerprint density at radius 2 is 1.95 bits per heavy atom. The molecule has 6 heteroatoms. The van der Waals surface area contributed by atoms with Gasteiger partial charge in [0.15, 0.2) is 5.82 Å². The van der Waals surface area contributed by atoms with Crippen LogP contribution in [0.25, 0.3) is 11.5 Å². The maximum absolute atomic E-state index is 12.2. The molecule has 5 nitrogen and oxygen atoms in total. The first-order valence-corrected chi connectivity index (χ1v) is 7.39. The molecule has 1 heterocycles. The van der Waals surface area contributed by atoms with Crippen LogP contribution in [0, 0.1) is 6.92 Å². The van der Waals surface area contributed by atoms with Crippen molar-refractivity contribution in [1.29, 1.82) is 0 Å². The molecule has 22 heavy (non-hydrogen) atoms. The Balaban J connectivity index is 1.81. The molecule has 0 saturated heterocycles. The summed E-state index contributed by atoms with van der Waals surface area (Å²) in [4.78, 5) is 16.4. The van der Waals surface area contributed by atoms with Gasteiger partial charge in [0.2, 0.25) is 0 Å². The van der Waals surface area contributed by atoms with Gasteiger partial charge < -0.3 is 9.84 Å². The molecular weight excluding hydrogens is 346 g/mol. The first kappa shape index (κ1) is 14.5. The Kier molecular flexibility index (Phi) is 4.02. The summed E-state index contributed by atoms with van der Waals surface area (Å²) in [7, 11) is 0. The van der Waals surface area contributed by atoms with E-state index in [2.05, 4.69) is 31.4 Å². The largest absolute Gasteiger partial charge is 0.334 e. The van der Waals surface area contributed by atoms with Gasteiger partial charge in [0.25, 0.3) is 11.8 Å². The van der Waals surface area contributed by atoms with E-state index in [9.17, 15) is 4.79 Å². The van der Waals surface area contributed by atoms with Crippen molar-refractivity contribution in [2.45, 2.75) is 6.92 Å². The van der Waals surface area contributed by atoms with Gasteiger partial charge in [0.1, 0.15) is 0 Å². The monoisotopic (exact) mass is 357 g/mol. The summed E-state index contributed by atoms with van der Waals surface area (Å²) >= 11 is 3.34. The number of carbonyl (C=O) groups excluding carboxylic acids is 1. The van der Waals surface area contributed by atoms with Crippen LogP contribution in [0.4, 0.5) is 5.69 Å². The number of halogens is 1. The molecule has 2 aromatic carbocycles. The number of nitrogens with zero attached hydrogens (tertiary/aromatic N) is 2. The van der Waals surface area contributed by atoms with Crippen LogP contribution in [0.3, 0.4) is 0 Å². The summed E-state index contributed by atoms with van der Waals surface area (Å²) < 4.78 is 6.06. The van der Waals surface area contributed by atoms with Gasteiger partial charge in [-0.15, -0.1) is 0 Å². The molecule has 0 spiro atoms. The summed E-state index contributed by atoms with van der Waals surface area (Å²) in [5.74, 6) is 0.822. The van der Waals surface area contributed by atoms with Crippen LogP contribution in [0.1, 0.15) is 16.2 Å². The third-order valence-corrected chi connectivity index (χ3v) is 3.53. The number of hydrogen-bond acceptors (Lipinski definition) is 4. The lowest BCUT2D eigenvalue weighted by molar-refractivity contribution is 0.102. The number of aromatic nitrogens is 2. The first-order chi connectivity index (χ1) is 10.6. The molecule has 1 N–H and O–H groups in total. The fourth-order valence-corrected chi connectivity index (χ4v) is 2.21. The zero-order valence-electron chi connectivity index (χ0n) is 11.7. The Labute approximate surface area is 135 Å². The molecule has 3 aromatic rings. The molecule has 0 bridgehead atoms. The minimum Gasteiger partial charge on any atom is -0.334 e. The lowest BCUT2D eigenvalue weighted by atomic mass is 10.1. The van der Waals surface area contributed by atoms with Crippen molar-refractivity contribution in [3.8, 4) is 11.5 Å². The number of hydrogen-bond donors (Lipinski definition) is 1. The van der Waals surface area contributed by atoms with Crippen molar-refractivity contribution in [2.24, 2.45) is 0 Å². The lowest BCUT2D eigenvalue weighted by Gasteiger charge is -2.06. The maximum atomic E-state index is 12.2. The molecule has 110 valence electrons. The van der Waals surface area contributed by atoms with Crippen LogP contribution in [-0.2, 0) is 0 Å². The van der Waals surface area contributed by atoms with Gasteiger partial charge in [-0.2, -0.15) is 4.98 Å². The summed E-state index contributed by atoms with van der Waals surface area (Å²) in [5, 5.41) is 6.61. The number of benzene rings is 2. The molecule has 0 aliphatic carbocycles. The van der Waals surface area contributed by atoms with E-state index in [1.165, 1.54) is 0 Å². The highest BCUT2D eigenvalue weighted by Crippen LogP contribution is 2.21. The number of amides is 1. The van der Waals surface area contributed by atoms with Crippen molar-refractivity contribution in [2.75, 3.05) is 5.32 Å². The van der Waals surface area contributed by atoms with Crippen molar-refractivity contribution in [3.63, 3.8) is 0 Å². The van der Waals surface area contributed by atoms with E-state index < -0.39 is 0 Å². The maximum Gasteiger partial charge on any atom is 0.257 e. The highest BCUT2D eigenvalue weighted by Gasteiger charge is 2.09. The SMILES string of the molecule is Cc1noc(-c2cccc(NC(=O)c3ccc(Br)cc3)c2)n1. The third-order valence-electron chi connectivity index (χ3n) is 3.00. The normalized spacial score (nSPS) is 10.5. The molecule has 1 amide bonds. The summed E-state index contributed by atoms with van der Waals surface area (Å²) in [5.41, 5.74) is 2.01. The Bertz CT molecular complexity index is 812. The molecule has 0 radical (unpaired) electrons. The van der Waals surface area contributed by atoms with Crippen molar-refractivity contribution >= 4 is 27.5 Å². The van der Waals surface area contributed by atoms with Gasteiger partial charge >= 0.3 is 0 Å². The Hall–Kier alpha value is -2.47. The van der Waals surface area contributed by atoms with Gasteiger partial charge in [-0.05, 0) is 49.4 Å². The molecule has 0 aliphatic rings. The molecule has 1 aromatic heterocycles. The van der Waals surface area contributed by atoms with Crippen LogP contribution in [0.2, 0.25) is 0 Å². The molecule has 0 atom stereocenters. The van der Waals surface area contributed by atoms with Gasteiger partial charge in [-0.1, -0.05) is 27.2 Å². The average molecular weight is 358 g/mol. The van der Waals surface area contributed by atoms with Crippen molar-refractivity contribution < 1.29 is 9.32 Å². The second-order valence-corrected chi connectivity index (χ2v) is 5.60. The molecular formula is C16H12BrN3O2. The fourth-order valence-electron chi connectivity index (χ4n) is 1.95. The van der Waals surface area contributed by atoms with Crippen LogP contribution >= 0.6 is 15.9 Å². The molecule has 0 unspecified atom stereocenters. The van der Waals surface area contributed by atoms with E-state index in [1.54, 1.807) is 25.1 Å². The van der Waals surface area contributed by atoms with E-state index in [4.69, 9.17) is 4.52 Å². The Morgan fingerprint density at radius 3 is 2.64 bits per heavy atom. The van der Waals surface area contributed by atoms with Crippen LogP contribution in [0.15, 0.2) is 57.5 Å². The molecule has 0 aliphatic heterocycles. The van der Waals surface area contributed by atoms with Gasteiger partial charge in [-0.3, -0.25) is 4.79 Å². The number of aryl methyl sites for hydroxylation is 1. The predicted octanol–water partition coefficient (Wildman–Crippen LogP) is 4.06. The minimum atomic E-state index is -0.175. The van der Waals surface area contributed by atoms with Gasteiger partial charge in [0, 0.05) is 21.3 Å². The highest BCUT2D eigenvalue weighted by atomic mass is 79.9. The van der Waals surface area contributed by atoms with Crippen LogP contribution in [-0.4, -0.2) is 16.0 Å². The van der Waals surface area contributed by atoms with E-state index in [0.717, 1.165) is 10.0 Å². The average Bonchev–Trinajstić information content (AvgIpc) is 2.95. The van der Waals surface area contributed by atoms with E-state index in [-0.39, 0.29) is 5.91 Å². The van der Waals surface area contributed by atoms with Gasteiger partial charge in [-0.25, -0.2) is 0 Å². The van der Waals surface area contributed by atoms with E-state index in [1.807, 2.05) is 30.3 Å². The quantitative estimate of drug-likeness (QED) is 0.767. The van der Waals surface area contributed by atoms with Crippen molar-refractivity contribution in [3.05, 3.63) is 64.4 Å². The smallest absolute Gasteiger partial charge is 0.257 e. The van der Waals surface area contributed by atoms with E-state index in [0.29, 0.717) is 23.0 Å². The van der Waals surface area contributed by atoms with E-state index >= 15 is 0 Å². The standard InChI is InChI=1S/C16H12BrN3O2/c1-10-18-16(22-20-10)12-3-2-4-14(9-12)19-15(21)11-5-7-13(17)8-6-11/h2-9H,1H3,(H,19,21). The predicted molar refractivity (Wildman–Crippen MR) is 86.6 cm³/mol. The summed E-state index contributed by atoms with van der Waals surface area (Å²) in [6, 6.07) is 14.4. The van der Waals surface area contributed by atoms with Crippen molar-refractivity contribution in [1.82, 2.24) is 10.1 Å². The van der Waals surface area contributed by atoms with Crippen LogP contribution < -0.4 is 5.32 Å². The summed E-state index contributed by atoms with van der Waals surface area (Å²) in [6.45, 7) is 1.76. The molecule has 0 fully saturated rings. The molecule has 0 saturated carbocycles. The third kappa shape index (κ3) is 3.23. The van der Waals surface area contributed by atoms with Crippen LogP contribution in [0.5, 0.6) is 0 Å². The highest BCUT2D eigenvalue weighted by molar-refractivity contribution is 9.10. The molecule has 3 rings (SSSR count). The summed E-state index contributed by atoms with van der Waals surface area (Å²) in [6.07, 6.45) is 0.